The first-order chi connectivity index (χ1) is 9.41. The van der Waals surface area contributed by atoms with Crippen LogP contribution in [0.25, 0.3) is 0 Å². The summed E-state index contributed by atoms with van der Waals surface area (Å²) in [6, 6.07) is 5.56. The Morgan fingerprint density at radius 3 is 2.65 bits per heavy atom. The number of nitrogens with zero attached hydrogens (tertiary/aromatic N) is 1. The molecule has 2 aliphatic carbocycles. The Labute approximate surface area is 121 Å². The smallest absolute Gasteiger partial charge is 0.116 e. The van der Waals surface area contributed by atoms with E-state index in [2.05, 4.69) is 19.0 Å². The number of fused-ring (bicyclic) bond motifs is 1. The highest BCUT2D eigenvalue weighted by Crippen LogP contribution is 2.61. The second-order valence-electron chi connectivity index (χ2n) is 7.02. The summed E-state index contributed by atoms with van der Waals surface area (Å²) in [5, 5.41) is 21.4. The lowest BCUT2D eigenvalue weighted by Gasteiger charge is -2.42. The Morgan fingerprint density at radius 1 is 1.25 bits per heavy atom. The lowest BCUT2D eigenvalue weighted by atomic mass is 9.70. The maximum absolute atomic E-state index is 11.5. The van der Waals surface area contributed by atoms with Crippen LogP contribution in [-0.2, 0) is 5.60 Å². The molecule has 110 valence electrons. The molecule has 2 aliphatic rings. The monoisotopic (exact) mass is 275 g/mol. The van der Waals surface area contributed by atoms with E-state index in [-0.39, 0.29) is 11.7 Å². The summed E-state index contributed by atoms with van der Waals surface area (Å²) in [5.74, 6) is 1.57. The SMILES string of the molecule is Cc1cc(O)cc([C@]2(O)[C@@H](CN(C)C)CCC3C[C@@H]32)c1. The Bertz CT molecular complexity index is 493. The van der Waals surface area contributed by atoms with Crippen LogP contribution in [0.3, 0.4) is 0 Å². The third-order valence-electron chi connectivity index (χ3n) is 5.11. The maximum atomic E-state index is 11.5. The zero-order valence-corrected chi connectivity index (χ0v) is 12.6. The van der Waals surface area contributed by atoms with Gasteiger partial charge in [-0.3, -0.25) is 0 Å². The van der Waals surface area contributed by atoms with Crippen molar-refractivity contribution >= 4 is 0 Å². The van der Waals surface area contributed by atoms with E-state index in [0.717, 1.165) is 30.5 Å². The van der Waals surface area contributed by atoms with Crippen molar-refractivity contribution in [2.24, 2.45) is 17.8 Å². The number of aryl methyl sites for hydroxylation is 1. The van der Waals surface area contributed by atoms with Crippen molar-refractivity contribution < 1.29 is 10.2 Å². The molecule has 2 fully saturated rings. The van der Waals surface area contributed by atoms with E-state index in [1.165, 1.54) is 6.42 Å². The first kappa shape index (κ1) is 13.9. The van der Waals surface area contributed by atoms with Gasteiger partial charge in [0.15, 0.2) is 0 Å². The molecular formula is C17H25NO2. The lowest BCUT2D eigenvalue weighted by Crippen LogP contribution is -2.45. The molecule has 0 heterocycles. The van der Waals surface area contributed by atoms with Crippen molar-refractivity contribution in [3.8, 4) is 5.75 Å². The van der Waals surface area contributed by atoms with Gasteiger partial charge in [0.1, 0.15) is 5.75 Å². The molecule has 3 rings (SSSR count). The van der Waals surface area contributed by atoms with Crippen LogP contribution in [0.2, 0.25) is 0 Å². The van der Waals surface area contributed by atoms with Crippen LogP contribution >= 0.6 is 0 Å². The molecular weight excluding hydrogens is 250 g/mol. The average Bonchev–Trinajstić information content (AvgIpc) is 3.11. The van der Waals surface area contributed by atoms with E-state index < -0.39 is 5.60 Å². The third kappa shape index (κ3) is 2.23. The van der Waals surface area contributed by atoms with Crippen LogP contribution in [0.1, 0.15) is 30.4 Å². The summed E-state index contributed by atoms with van der Waals surface area (Å²) in [6.45, 7) is 2.87. The summed E-state index contributed by atoms with van der Waals surface area (Å²) in [5.41, 5.74) is 1.16. The third-order valence-corrected chi connectivity index (χ3v) is 5.11. The average molecular weight is 275 g/mol. The number of rotatable bonds is 3. The van der Waals surface area contributed by atoms with E-state index in [4.69, 9.17) is 0 Å². The van der Waals surface area contributed by atoms with Crippen molar-refractivity contribution in [1.29, 1.82) is 0 Å². The Hall–Kier alpha value is -1.06. The molecule has 0 saturated heterocycles. The van der Waals surface area contributed by atoms with Gasteiger partial charge >= 0.3 is 0 Å². The molecule has 0 aliphatic heterocycles. The Kier molecular flexibility index (Phi) is 3.30. The van der Waals surface area contributed by atoms with Crippen LogP contribution in [-0.4, -0.2) is 35.8 Å². The number of phenols is 1. The summed E-state index contributed by atoms with van der Waals surface area (Å²) in [6.07, 6.45) is 3.45. The minimum atomic E-state index is -0.767. The minimum Gasteiger partial charge on any atom is -0.508 e. The van der Waals surface area contributed by atoms with Gasteiger partial charge in [-0.15, -0.1) is 0 Å². The number of hydrogen-bond acceptors (Lipinski definition) is 3. The first-order valence-corrected chi connectivity index (χ1v) is 7.59. The molecule has 20 heavy (non-hydrogen) atoms. The molecule has 1 unspecified atom stereocenters. The zero-order valence-electron chi connectivity index (χ0n) is 12.6. The molecule has 2 N–H and O–H groups in total. The predicted octanol–water partition coefficient (Wildman–Crippen LogP) is 2.50. The van der Waals surface area contributed by atoms with Crippen molar-refractivity contribution in [1.82, 2.24) is 4.90 Å². The molecule has 0 bridgehead atoms. The predicted molar refractivity (Wildman–Crippen MR) is 79.6 cm³/mol. The number of benzene rings is 1. The quantitative estimate of drug-likeness (QED) is 0.891. The van der Waals surface area contributed by atoms with Crippen LogP contribution in [0.15, 0.2) is 18.2 Å². The van der Waals surface area contributed by atoms with Gasteiger partial charge in [0.25, 0.3) is 0 Å². The van der Waals surface area contributed by atoms with E-state index >= 15 is 0 Å². The van der Waals surface area contributed by atoms with E-state index in [1.807, 2.05) is 13.0 Å². The molecule has 0 amide bonds. The van der Waals surface area contributed by atoms with E-state index in [9.17, 15) is 10.2 Å². The highest BCUT2D eigenvalue weighted by atomic mass is 16.3. The molecule has 0 radical (unpaired) electrons. The van der Waals surface area contributed by atoms with Crippen LogP contribution in [0.4, 0.5) is 0 Å². The molecule has 1 aromatic carbocycles. The summed E-state index contributed by atoms with van der Waals surface area (Å²) in [4.78, 5) is 2.16. The first-order valence-electron chi connectivity index (χ1n) is 7.59. The van der Waals surface area contributed by atoms with Gasteiger partial charge in [0.2, 0.25) is 0 Å². The van der Waals surface area contributed by atoms with Gasteiger partial charge in [-0.2, -0.15) is 0 Å². The highest BCUT2D eigenvalue weighted by molar-refractivity contribution is 5.38. The molecule has 0 spiro atoms. The largest absolute Gasteiger partial charge is 0.508 e. The highest BCUT2D eigenvalue weighted by Gasteiger charge is 2.59. The lowest BCUT2D eigenvalue weighted by molar-refractivity contribution is -0.0751. The minimum absolute atomic E-state index is 0.252. The van der Waals surface area contributed by atoms with Gasteiger partial charge < -0.3 is 15.1 Å². The fourth-order valence-electron chi connectivity index (χ4n) is 4.16. The number of hydrogen-bond donors (Lipinski definition) is 2. The summed E-state index contributed by atoms with van der Waals surface area (Å²) < 4.78 is 0. The van der Waals surface area contributed by atoms with E-state index in [1.54, 1.807) is 12.1 Å². The molecule has 3 nitrogen and oxygen atoms in total. The normalized spacial score (nSPS) is 36.0. The number of phenolic OH excluding ortho intramolecular Hbond substituents is 1. The zero-order chi connectivity index (χ0) is 14.5. The van der Waals surface area contributed by atoms with Crippen molar-refractivity contribution in [2.45, 2.75) is 31.8 Å². The maximum Gasteiger partial charge on any atom is 0.116 e. The summed E-state index contributed by atoms with van der Waals surface area (Å²) in [7, 11) is 4.13. The molecule has 1 aromatic rings. The Balaban J connectivity index is 2.00. The van der Waals surface area contributed by atoms with Gasteiger partial charge in [-0.25, -0.2) is 0 Å². The standard InChI is InChI=1S/C17H25NO2/c1-11-6-14(9-15(19)7-11)17(20)13(10-18(2)3)5-4-12-8-16(12)17/h6-7,9,12-13,16,19-20H,4-5,8,10H2,1-3H3/t12?,13-,16+,17-/m1/s1. The number of aliphatic hydroxyl groups is 1. The van der Waals surface area contributed by atoms with Gasteiger partial charge in [0.05, 0.1) is 5.60 Å². The van der Waals surface area contributed by atoms with Gasteiger partial charge in [0, 0.05) is 12.5 Å². The molecule has 4 atom stereocenters. The van der Waals surface area contributed by atoms with Crippen LogP contribution in [0.5, 0.6) is 5.75 Å². The van der Waals surface area contributed by atoms with Gasteiger partial charge in [-0.05, 0) is 75.4 Å². The van der Waals surface area contributed by atoms with Crippen molar-refractivity contribution in [2.75, 3.05) is 20.6 Å². The summed E-state index contributed by atoms with van der Waals surface area (Å²) >= 11 is 0. The molecule has 2 saturated carbocycles. The van der Waals surface area contributed by atoms with Crippen molar-refractivity contribution in [3.63, 3.8) is 0 Å². The second kappa shape index (κ2) is 4.74. The topological polar surface area (TPSA) is 43.7 Å². The number of aromatic hydroxyl groups is 1. The van der Waals surface area contributed by atoms with E-state index in [0.29, 0.717) is 11.8 Å². The fourth-order valence-corrected chi connectivity index (χ4v) is 4.16. The van der Waals surface area contributed by atoms with Crippen LogP contribution < -0.4 is 0 Å². The Morgan fingerprint density at radius 2 is 2.00 bits per heavy atom. The molecule has 3 heteroatoms. The fraction of sp³-hybridized carbons (Fsp3) is 0.647. The van der Waals surface area contributed by atoms with Crippen molar-refractivity contribution in [3.05, 3.63) is 29.3 Å². The van der Waals surface area contributed by atoms with Crippen LogP contribution in [0, 0.1) is 24.7 Å². The molecule has 0 aromatic heterocycles. The van der Waals surface area contributed by atoms with Gasteiger partial charge in [-0.1, -0.05) is 6.07 Å². The second-order valence-corrected chi connectivity index (χ2v) is 7.02.